The predicted octanol–water partition coefficient (Wildman–Crippen LogP) is 6.34. The lowest BCUT2D eigenvalue weighted by molar-refractivity contribution is 0.555. The molecule has 0 N–H and O–H groups in total. The minimum absolute atomic E-state index is 0.304. The molecule has 132 valence electrons. The van der Waals surface area contributed by atoms with Crippen molar-refractivity contribution in [2.75, 3.05) is 0 Å². The van der Waals surface area contributed by atoms with E-state index in [4.69, 9.17) is 0 Å². The summed E-state index contributed by atoms with van der Waals surface area (Å²) < 4.78 is 3.55. The molecule has 0 spiro atoms. The lowest BCUT2D eigenvalue weighted by atomic mass is 10.1. The number of hydrogen-bond acceptors (Lipinski definition) is 4. The zero-order valence-electron chi connectivity index (χ0n) is 15.1. The van der Waals surface area contributed by atoms with Crippen LogP contribution in [0.2, 0.25) is 0 Å². The topological polar surface area (TPSA) is 30.7 Å². The van der Waals surface area contributed by atoms with E-state index in [1.165, 1.54) is 26.8 Å². The van der Waals surface area contributed by atoms with Gasteiger partial charge in [-0.1, -0.05) is 54.2 Å². The van der Waals surface area contributed by atoms with Crippen LogP contribution < -0.4 is 0 Å². The summed E-state index contributed by atoms with van der Waals surface area (Å²) in [6.07, 6.45) is 0. The molecule has 0 bridgehead atoms. The van der Waals surface area contributed by atoms with Crippen LogP contribution >= 0.6 is 23.1 Å². The molecule has 3 nitrogen and oxygen atoms in total. The fraction of sp³-hybridized carbons (Fsp3) is 0.238. The Hall–Kier alpha value is -2.11. The average molecular weight is 380 g/mol. The van der Waals surface area contributed by atoms with Crippen LogP contribution in [0.3, 0.4) is 0 Å². The highest BCUT2D eigenvalue weighted by molar-refractivity contribution is 7.98. The number of benzene rings is 2. The smallest absolute Gasteiger partial charge is 0.192 e. The molecular weight excluding hydrogens is 358 g/mol. The lowest BCUT2D eigenvalue weighted by Gasteiger charge is -2.14. The van der Waals surface area contributed by atoms with Crippen molar-refractivity contribution in [3.63, 3.8) is 0 Å². The molecule has 4 rings (SSSR count). The molecule has 4 aromatic rings. The van der Waals surface area contributed by atoms with Gasteiger partial charge in [-0.3, -0.25) is 4.57 Å². The van der Waals surface area contributed by atoms with Gasteiger partial charge in [-0.25, -0.2) is 0 Å². The molecular formula is C21H21N3S2. The number of fused-ring (bicyclic) bond motifs is 1. The summed E-state index contributed by atoms with van der Waals surface area (Å²) in [6.45, 7) is 6.55. The Bertz CT molecular complexity index is 1050. The molecule has 2 heterocycles. The molecule has 0 fully saturated rings. The first-order chi connectivity index (χ1) is 12.6. The molecule has 26 heavy (non-hydrogen) atoms. The zero-order chi connectivity index (χ0) is 18.1. The average Bonchev–Trinajstić information content (AvgIpc) is 3.24. The van der Waals surface area contributed by atoms with Gasteiger partial charge in [0.1, 0.15) is 0 Å². The van der Waals surface area contributed by atoms with Crippen LogP contribution in [0, 0.1) is 6.92 Å². The SMILES string of the molecule is Cc1ccccc1CSc1nnc(-c2csc3ccccc23)n1C(C)C. The van der Waals surface area contributed by atoms with Gasteiger partial charge in [-0.15, -0.1) is 21.5 Å². The fourth-order valence-corrected chi connectivity index (χ4v) is 5.17. The van der Waals surface area contributed by atoms with Gasteiger partial charge in [0, 0.05) is 32.8 Å². The van der Waals surface area contributed by atoms with E-state index in [1.807, 2.05) is 0 Å². The molecule has 0 aliphatic rings. The summed E-state index contributed by atoms with van der Waals surface area (Å²) in [5.41, 5.74) is 3.84. The standard InChI is InChI=1S/C21H21N3S2/c1-14(2)24-20(18-13-25-19-11-7-6-10-17(18)19)22-23-21(24)26-12-16-9-5-4-8-15(16)3/h4-11,13-14H,12H2,1-3H3. The maximum atomic E-state index is 4.56. The second-order valence-corrected chi connectivity index (χ2v) is 8.48. The Morgan fingerprint density at radius 1 is 1.04 bits per heavy atom. The first-order valence-corrected chi connectivity index (χ1v) is 10.6. The summed E-state index contributed by atoms with van der Waals surface area (Å²) in [5, 5.41) is 13.5. The molecule has 0 saturated carbocycles. The maximum absolute atomic E-state index is 4.56. The van der Waals surface area contributed by atoms with E-state index < -0.39 is 0 Å². The number of thioether (sulfide) groups is 1. The Kier molecular flexibility index (Phi) is 4.83. The largest absolute Gasteiger partial charge is 0.299 e. The first-order valence-electron chi connectivity index (χ1n) is 8.74. The third-order valence-corrected chi connectivity index (χ3v) is 6.48. The van der Waals surface area contributed by atoms with Crippen LogP contribution in [-0.2, 0) is 5.75 Å². The van der Waals surface area contributed by atoms with Crippen molar-refractivity contribution in [1.82, 2.24) is 14.8 Å². The van der Waals surface area contributed by atoms with Crippen molar-refractivity contribution in [3.8, 4) is 11.4 Å². The minimum Gasteiger partial charge on any atom is -0.299 e. The first kappa shape index (κ1) is 17.3. The normalized spacial score (nSPS) is 11.5. The fourth-order valence-electron chi connectivity index (χ4n) is 3.09. The molecule has 0 aliphatic carbocycles. The molecule has 0 saturated heterocycles. The van der Waals surface area contributed by atoms with Gasteiger partial charge in [0.15, 0.2) is 11.0 Å². The summed E-state index contributed by atoms with van der Waals surface area (Å²) in [5.74, 6) is 1.87. The van der Waals surface area contributed by atoms with E-state index in [0.717, 1.165) is 16.7 Å². The second-order valence-electron chi connectivity index (χ2n) is 6.63. The van der Waals surface area contributed by atoms with Gasteiger partial charge < -0.3 is 0 Å². The third-order valence-electron chi connectivity index (χ3n) is 4.52. The highest BCUT2D eigenvalue weighted by atomic mass is 32.2. The molecule has 0 amide bonds. The van der Waals surface area contributed by atoms with E-state index in [2.05, 4.69) is 89.4 Å². The van der Waals surface area contributed by atoms with Crippen LogP contribution in [0.1, 0.15) is 31.0 Å². The van der Waals surface area contributed by atoms with Gasteiger partial charge in [-0.05, 0) is 38.0 Å². The highest BCUT2D eigenvalue weighted by Crippen LogP contribution is 2.36. The van der Waals surface area contributed by atoms with E-state index in [9.17, 15) is 0 Å². The van der Waals surface area contributed by atoms with Gasteiger partial charge in [0.05, 0.1) is 0 Å². The zero-order valence-corrected chi connectivity index (χ0v) is 16.8. The van der Waals surface area contributed by atoms with Crippen LogP contribution in [-0.4, -0.2) is 14.8 Å². The van der Waals surface area contributed by atoms with Crippen LogP contribution in [0.5, 0.6) is 0 Å². The van der Waals surface area contributed by atoms with Crippen molar-refractivity contribution >= 4 is 33.2 Å². The van der Waals surface area contributed by atoms with Gasteiger partial charge >= 0.3 is 0 Å². The van der Waals surface area contributed by atoms with Crippen LogP contribution in [0.4, 0.5) is 0 Å². The van der Waals surface area contributed by atoms with E-state index in [1.54, 1.807) is 23.1 Å². The number of nitrogens with zero attached hydrogens (tertiary/aromatic N) is 3. The van der Waals surface area contributed by atoms with Crippen LogP contribution in [0.25, 0.3) is 21.5 Å². The summed E-state index contributed by atoms with van der Waals surface area (Å²) in [7, 11) is 0. The van der Waals surface area contributed by atoms with E-state index in [0.29, 0.717) is 6.04 Å². The monoisotopic (exact) mass is 379 g/mol. The Balaban J connectivity index is 1.71. The van der Waals surface area contributed by atoms with Crippen LogP contribution in [0.15, 0.2) is 59.1 Å². The van der Waals surface area contributed by atoms with Crippen molar-refractivity contribution in [2.45, 2.75) is 37.7 Å². The summed E-state index contributed by atoms with van der Waals surface area (Å²) in [6, 6.07) is 17.3. The minimum atomic E-state index is 0.304. The Morgan fingerprint density at radius 2 is 1.81 bits per heavy atom. The molecule has 2 aromatic heterocycles. The molecule has 0 atom stereocenters. The lowest BCUT2D eigenvalue weighted by Crippen LogP contribution is -2.05. The molecule has 2 aromatic carbocycles. The summed E-state index contributed by atoms with van der Waals surface area (Å²) in [4.78, 5) is 0. The van der Waals surface area contributed by atoms with E-state index in [-0.39, 0.29) is 0 Å². The van der Waals surface area contributed by atoms with Crippen molar-refractivity contribution < 1.29 is 0 Å². The second kappa shape index (κ2) is 7.25. The molecule has 0 unspecified atom stereocenters. The number of aryl methyl sites for hydroxylation is 1. The Labute approximate surface area is 162 Å². The van der Waals surface area contributed by atoms with Gasteiger partial charge in [-0.2, -0.15) is 0 Å². The number of rotatable bonds is 5. The number of aromatic nitrogens is 3. The third kappa shape index (κ3) is 3.17. The van der Waals surface area contributed by atoms with Crippen molar-refractivity contribution in [1.29, 1.82) is 0 Å². The predicted molar refractivity (Wildman–Crippen MR) is 112 cm³/mol. The van der Waals surface area contributed by atoms with Gasteiger partial charge in [0.2, 0.25) is 0 Å². The van der Waals surface area contributed by atoms with E-state index >= 15 is 0 Å². The number of thiophene rings is 1. The quantitative estimate of drug-likeness (QED) is 0.379. The molecule has 0 aliphatic heterocycles. The summed E-state index contributed by atoms with van der Waals surface area (Å²) >= 11 is 3.52. The number of hydrogen-bond donors (Lipinski definition) is 0. The molecule has 0 radical (unpaired) electrons. The maximum Gasteiger partial charge on any atom is 0.192 e. The Morgan fingerprint density at radius 3 is 2.62 bits per heavy atom. The molecule has 5 heteroatoms. The van der Waals surface area contributed by atoms with Gasteiger partial charge in [0.25, 0.3) is 0 Å². The van der Waals surface area contributed by atoms with Crippen molar-refractivity contribution in [3.05, 3.63) is 65.0 Å². The van der Waals surface area contributed by atoms with Crippen molar-refractivity contribution in [2.24, 2.45) is 0 Å². The highest BCUT2D eigenvalue weighted by Gasteiger charge is 2.19.